The number of rotatable bonds is 3. The lowest BCUT2D eigenvalue weighted by Gasteiger charge is -2.27. The van der Waals surface area contributed by atoms with E-state index in [2.05, 4.69) is 0 Å². The zero-order chi connectivity index (χ0) is 10.7. The van der Waals surface area contributed by atoms with Crippen molar-refractivity contribution in [1.29, 1.82) is 0 Å². The lowest BCUT2D eigenvalue weighted by molar-refractivity contribution is -0.128. The van der Waals surface area contributed by atoms with Gasteiger partial charge in [0.05, 0.1) is 0 Å². The normalized spacial score (nSPS) is 28.7. The number of ether oxygens (including phenoxy) is 1. The summed E-state index contributed by atoms with van der Waals surface area (Å²) in [5.41, 5.74) is 0. The van der Waals surface area contributed by atoms with Gasteiger partial charge in [0.15, 0.2) is 0 Å². The van der Waals surface area contributed by atoms with Gasteiger partial charge in [-0.1, -0.05) is 0 Å². The summed E-state index contributed by atoms with van der Waals surface area (Å²) in [4.78, 5) is 13.5. The zero-order valence-corrected chi connectivity index (χ0v) is 9.02. The average molecular weight is 213 g/mol. The lowest BCUT2D eigenvalue weighted by atomic mass is 10.00. The largest absolute Gasteiger partial charge is 0.396 e. The molecule has 2 heterocycles. The molecule has 0 spiro atoms. The predicted octanol–water partition coefficient (Wildman–Crippen LogP) is 0.254. The molecule has 2 fully saturated rings. The van der Waals surface area contributed by atoms with Crippen LogP contribution in [-0.2, 0) is 9.53 Å². The average Bonchev–Trinajstić information content (AvgIpc) is 2.61. The quantitative estimate of drug-likeness (QED) is 0.731. The van der Waals surface area contributed by atoms with Crippen molar-refractivity contribution in [1.82, 2.24) is 4.90 Å². The van der Waals surface area contributed by atoms with Gasteiger partial charge in [-0.25, -0.2) is 0 Å². The minimum absolute atomic E-state index is 0.135. The second kappa shape index (κ2) is 4.94. The topological polar surface area (TPSA) is 49.8 Å². The molecule has 2 rings (SSSR count). The Morgan fingerprint density at radius 2 is 2.07 bits per heavy atom. The van der Waals surface area contributed by atoms with Crippen molar-refractivity contribution in [3.8, 4) is 0 Å². The maximum absolute atomic E-state index is 11.6. The van der Waals surface area contributed by atoms with E-state index in [-0.39, 0.29) is 18.4 Å². The molecular weight excluding hydrogens is 194 g/mol. The van der Waals surface area contributed by atoms with E-state index in [0.717, 1.165) is 39.1 Å². The number of hydrogen-bond donors (Lipinski definition) is 1. The molecule has 4 heteroatoms. The zero-order valence-electron chi connectivity index (χ0n) is 9.02. The molecule has 2 aliphatic rings. The fraction of sp³-hybridized carbons (Fsp3) is 0.909. The van der Waals surface area contributed by atoms with Gasteiger partial charge in [0.1, 0.15) is 0 Å². The van der Waals surface area contributed by atoms with Gasteiger partial charge >= 0.3 is 0 Å². The van der Waals surface area contributed by atoms with E-state index in [1.165, 1.54) is 0 Å². The minimum atomic E-state index is 0.135. The molecule has 1 amide bonds. The summed E-state index contributed by atoms with van der Waals surface area (Å²) in [7, 11) is 0. The van der Waals surface area contributed by atoms with Crippen molar-refractivity contribution in [2.75, 3.05) is 32.9 Å². The van der Waals surface area contributed by atoms with Crippen LogP contribution in [-0.4, -0.2) is 48.8 Å². The molecule has 0 radical (unpaired) electrons. The molecule has 1 unspecified atom stereocenters. The van der Waals surface area contributed by atoms with Crippen LogP contribution < -0.4 is 0 Å². The summed E-state index contributed by atoms with van der Waals surface area (Å²) < 4.78 is 5.29. The number of aliphatic hydroxyl groups excluding tert-OH is 1. The van der Waals surface area contributed by atoms with Crippen LogP contribution in [0.1, 0.15) is 19.3 Å². The molecule has 0 aromatic heterocycles. The highest BCUT2D eigenvalue weighted by Crippen LogP contribution is 2.22. The first-order chi connectivity index (χ1) is 7.29. The first kappa shape index (κ1) is 10.9. The van der Waals surface area contributed by atoms with Crippen molar-refractivity contribution >= 4 is 5.91 Å². The Hall–Kier alpha value is -0.610. The number of carbonyl (C=O) groups excluding carboxylic acids is 1. The van der Waals surface area contributed by atoms with Crippen LogP contribution in [0.25, 0.3) is 0 Å². The summed E-state index contributed by atoms with van der Waals surface area (Å²) in [6.07, 6.45) is 2.65. The van der Waals surface area contributed by atoms with Crippen LogP contribution in [0.5, 0.6) is 0 Å². The molecule has 1 atom stereocenters. The Morgan fingerprint density at radius 1 is 1.33 bits per heavy atom. The molecule has 0 saturated carbocycles. The van der Waals surface area contributed by atoms with E-state index < -0.39 is 0 Å². The second-order valence-corrected chi connectivity index (χ2v) is 4.61. The summed E-state index contributed by atoms with van der Waals surface area (Å²) >= 11 is 0. The summed E-state index contributed by atoms with van der Waals surface area (Å²) in [5, 5.41) is 9.01. The third-order valence-corrected chi connectivity index (χ3v) is 3.37. The van der Waals surface area contributed by atoms with Gasteiger partial charge in [0.25, 0.3) is 0 Å². The van der Waals surface area contributed by atoms with Gasteiger partial charge in [-0.05, 0) is 18.8 Å². The maximum Gasteiger partial charge on any atom is 0.223 e. The SMILES string of the molecule is O=C1CC(CO)CN1CC1CCOCC1. The van der Waals surface area contributed by atoms with Gasteiger partial charge in [0, 0.05) is 45.2 Å². The fourth-order valence-corrected chi connectivity index (χ4v) is 2.39. The molecule has 15 heavy (non-hydrogen) atoms. The second-order valence-electron chi connectivity index (χ2n) is 4.61. The molecule has 0 aromatic carbocycles. The molecular formula is C11H19NO3. The van der Waals surface area contributed by atoms with E-state index in [1.807, 2.05) is 4.90 Å². The van der Waals surface area contributed by atoms with E-state index in [0.29, 0.717) is 12.3 Å². The molecule has 4 nitrogen and oxygen atoms in total. The standard InChI is InChI=1S/C11H19NO3/c13-8-10-5-11(14)12(7-10)6-9-1-3-15-4-2-9/h9-10,13H,1-8H2. The summed E-state index contributed by atoms with van der Waals surface area (Å²) in [5.74, 6) is 0.970. The number of likely N-dealkylation sites (tertiary alicyclic amines) is 1. The highest BCUT2D eigenvalue weighted by atomic mass is 16.5. The Labute approximate surface area is 90.2 Å². The van der Waals surface area contributed by atoms with Crippen molar-refractivity contribution in [2.45, 2.75) is 19.3 Å². The molecule has 0 bridgehead atoms. The van der Waals surface area contributed by atoms with Crippen LogP contribution in [0.3, 0.4) is 0 Å². The molecule has 2 aliphatic heterocycles. The predicted molar refractivity (Wildman–Crippen MR) is 55.3 cm³/mol. The van der Waals surface area contributed by atoms with E-state index >= 15 is 0 Å². The van der Waals surface area contributed by atoms with Gasteiger partial charge in [0.2, 0.25) is 5.91 Å². The molecule has 1 N–H and O–H groups in total. The van der Waals surface area contributed by atoms with Crippen LogP contribution in [0.15, 0.2) is 0 Å². The van der Waals surface area contributed by atoms with Crippen LogP contribution in [0.2, 0.25) is 0 Å². The monoisotopic (exact) mass is 213 g/mol. The van der Waals surface area contributed by atoms with Gasteiger partial charge in [-0.2, -0.15) is 0 Å². The Bertz CT molecular complexity index is 226. The van der Waals surface area contributed by atoms with Gasteiger partial charge < -0.3 is 14.7 Å². The molecule has 0 aromatic rings. The van der Waals surface area contributed by atoms with E-state index in [9.17, 15) is 4.79 Å². The highest BCUT2D eigenvalue weighted by molar-refractivity contribution is 5.78. The van der Waals surface area contributed by atoms with Gasteiger partial charge in [-0.15, -0.1) is 0 Å². The van der Waals surface area contributed by atoms with Crippen molar-refractivity contribution in [3.63, 3.8) is 0 Å². The smallest absolute Gasteiger partial charge is 0.223 e. The molecule has 2 saturated heterocycles. The van der Waals surface area contributed by atoms with Crippen LogP contribution in [0, 0.1) is 11.8 Å². The number of hydrogen-bond acceptors (Lipinski definition) is 3. The number of amides is 1. The maximum atomic E-state index is 11.6. The molecule has 86 valence electrons. The number of carbonyl (C=O) groups is 1. The fourth-order valence-electron chi connectivity index (χ4n) is 2.39. The summed E-state index contributed by atoms with van der Waals surface area (Å²) in [6, 6.07) is 0. The Kier molecular flexibility index (Phi) is 3.59. The third kappa shape index (κ3) is 2.69. The van der Waals surface area contributed by atoms with Crippen LogP contribution >= 0.6 is 0 Å². The van der Waals surface area contributed by atoms with Crippen molar-refractivity contribution in [2.24, 2.45) is 11.8 Å². The lowest BCUT2D eigenvalue weighted by Crippen LogP contribution is -2.33. The van der Waals surface area contributed by atoms with E-state index in [1.54, 1.807) is 0 Å². The van der Waals surface area contributed by atoms with Crippen LogP contribution in [0.4, 0.5) is 0 Å². The molecule has 0 aliphatic carbocycles. The first-order valence-corrected chi connectivity index (χ1v) is 5.76. The Morgan fingerprint density at radius 3 is 2.67 bits per heavy atom. The van der Waals surface area contributed by atoms with Crippen molar-refractivity contribution < 1.29 is 14.6 Å². The number of aliphatic hydroxyl groups is 1. The first-order valence-electron chi connectivity index (χ1n) is 5.76. The summed E-state index contributed by atoms with van der Waals surface area (Å²) in [6.45, 7) is 3.40. The number of nitrogens with zero attached hydrogens (tertiary/aromatic N) is 1. The van der Waals surface area contributed by atoms with Gasteiger partial charge in [-0.3, -0.25) is 4.79 Å². The third-order valence-electron chi connectivity index (χ3n) is 3.37. The Balaban J connectivity index is 1.81. The highest BCUT2D eigenvalue weighted by Gasteiger charge is 2.30. The van der Waals surface area contributed by atoms with E-state index in [4.69, 9.17) is 9.84 Å². The van der Waals surface area contributed by atoms with Crippen molar-refractivity contribution in [3.05, 3.63) is 0 Å². The minimum Gasteiger partial charge on any atom is -0.396 e.